The van der Waals surface area contributed by atoms with Gasteiger partial charge in [0.2, 0.25) is 5.16 Å². The lowest BCUT2D eigenvalue weighted by Gasteiger charge is -2.06. The third-order valence-electron chi connectivity index (χ3n) is 4.05. The first kappa shape index (κ1) is 17.2. The Labute approximate surface area is 163 Å². The topological polar surface area (TPSA) is 74.5 Å². The van der Waals surface area contributed by atoms with Crippen molar-refractivity contribution < 1.29 is 0 Å². The molecule has 0 unspecified atom stereocenters. The van der Waals surface area contributed by atoms with Crippen LogP contribution in [0.3, 0.4) is 0 Å². The molecule has 0 aliphatic rings. The lowest BCUT2D eigenvalue weighted by molar-refractivity contribution is 0.840. The van der Waals surface area contributed by atoms with E-state index in [1.165, 1.54) is 16.4 Å². The lowest BCUT2D eigenvalue weighted by Crippen LogP contribution is -2.12. The van der Waals surface area contributed by atoms with Gasteiger partial charge in [-0.05, 0) is 30.3 Å². The van der Waals surface area contributed by atoms with Crippen LogP contribution in [0.25, 0.3) is 22.4 Å². The number of benzene rings is 2. The van der Waals surface area contributed by atoms with Gasteiger partial charge < -0.3 is 10.4 Å². The number of halogens is 2. The molecule has 132 valence electrons. The zero-order valence-corrected chi connectivity index (χ0v) is 16.1. The van der Waals surface area contributed by atoms with Gasteiger partial charge in [-0.25, -0.2) is 9.66 Å². The second-order valence-corrected chi connectivity index (χ2v) is 7.45. The molecule has 4 rings (SSSR count). The van der Waals surface area contributed by atoms with Crippen molar-refractivity contribution in [1.29, 1.82) is 0 Å². The SMILES string of the molecule is Cn1c(CSc2nnc(-c3ccc(Cl)cc3Cl)n2N)nc2ccccc21. The summed E-state index contributed by atoms with van der Waals surface area (Å²) in [7, 11) is 2.00. The summed E-state index contributed by atoms with van der Waals surface area (Å²) in [5.41, 5.74) is 2.74. The van der Waals surface area contributed by atoms with Crippen LogP contribution in [0.15, 0.2) is 47.6 Å². The quantitative estimate of drug-likeness (QED) is 0.408. The summed E-state index contributed by atoms with van der Waals surface area (Å²) in [6, 6.07) is 13.2. The summed E-state index contributed by atoms with van der Waals surface area (Å²) < 4.78 is 3.50. The molecule has 6 nitrogen and oxygen atoms in total. The smallest absolute Gasteiger partial charge is 0.210 e. The number of para-hydroxylation sites is 2. The van der Waals surface area contributed by atoms with Crippen LogP contribution in [0.2, 0.25) is 10.0 Å². The lowest BCUT2D eigenvalue weighted by atomic mass is 10.2. The highest BCUT2D eigenvalue weighted by Crippen LogP contribution is 2.31. The van der Waals surface area contributed by atoms with Gasteiger partial charge in [-0.3, -0.25) is 0 Å². The summed E-state index contributed by atoms with van der Waals surface area (Å²) >= 11 is 13.7. The Morgan fingerprint density at radius 1 is 1.12 bits per heavy atom. The molecule has 2 aromatic heterocycles. The van der Waals surface area contributed by atoms with Crippen molar-refractivity contribution in [3.05, 3.63) is 58.3 Å². The number of rotatable bonds is 4. The van der Waals surface area contributed by atoms with Crippen molar-refractivity contribution in [3.8, 4) is 11.4 Å². The van der Waals surface area contributed by atoms with E-state index in [0.29, 0.717) is 32.3 Å². The van der Waals surface area contributed by atoms with Gasteiger partial charge in [-0.1, -0.05) is 47.1 Å². The number of hydrogen-bond donors (Lipinski definition) is 1. The first-order valence-corrected chi connectivity index (χ1v) is 9.48. The molecule has 0 fully saturated rings. The molecule has 4 aromatic rings. The van der Waals surface area contributed by atoms with Crippen molar-refractivity contribution in [2.24, 2.45) is 7.05 Å². The molecule has 0 saturated carbocycles. The van der Waals surface area contributed by atoms with Gasteiger partial charge in [0.25, 0.3) is 0 Å². The van der Waals surface area contributed by atoms with E-state index in [1.807, 2.05) is 31.3 Å². The third-order valence-corrected chi connectivity index (χ3v) is 5.53. The van der Waals surface area contributed by atoms with Crippen molar-refractivity contribution >= 4 is 46.0 Å². The fourth-order valence-electron chi connectivity index (χ4n) is 2.68. The van der Waals surface area contributed by atoms with Gasteiger partial charge in [0, 0.05) is 17.6 Å². The number of aromatic nitrogens is 5. The van der Waals surface area contributed by atoms with Crippen LogP contribution >= 0.6 is 35.0 Å². The van der Waals surface area contributed by atoms with Gasteiger partial charge in [0.15, 0.2) is 5.82 Å². The summed E-state index contributed by atoms with van der Waals surface area (Å²) in [4.78, 5) is 4.65. The standard InChI is InChI=1S/C17H14Cl2N6S/c1-24-14-5-3-2-4-13(14)21-15(24)9-26-17-23-22-16(25(17)20)11-7-6-10(18)8-12(11)19/h2-8H,9,20H2,1H3. The average Bonchev–Trinajstić information content (AvgIpc) is 3.14. The highest BCUT2D eigenvalue weighted by atomic mass is 35.5. The maximum absolute atomic E-state index is 6.24. The third kappa shape index (κ3) is 3.02. The minimum absolute atomic E-state index is 0.475. The number of nitrogen functional groups attached to an aromatic ring is 1. The van der Waals surface area contributed by atoms with E-state index in [-0.39, 0.29) is 0 Å². The maximum atomic E-state index is 6.24. The molecule has 0 spiro atoms. The average molecular weight is 405 g/mol. The molecule has 2 aromatic carbocycles. The van der Waals surface area contributed by atoms with E-state index >= 15 is 0 Å². The zero-order valence-electron chi connectivity index (χ0n) is 13.7. The molecule has 0 radical (unpaired) electrons. The summed E-state index contributed by atoms with van der Waals surface area (Å²) in [5.74, 6) is 8.21. The molecule has 0 saturated heterocycles. The van der Waals surface area contributed by atoms with Crippen LogP contribution in [0.4, 0.5) is 0 Å². The maximum Gasteiger partial charge on any atom is 0.210 e. The highest BCUT2D eigenvalue weighted by Gasteiger charge is 2.16. The number of imidazole rings is 1. The van der Waals surface area contributed by atoms with Crippen LogP contribution in [0.1, 0.15) is 5.82 Å². The van der Waals surface area contributed by atoms with Crippen molar-refractivity contribution in [2.45, 2.75) is 10.9 Å². The summed E-state index contributed by atoms with van der Waals surface area (Å²) in [6.07, 6.45) is 0. The fraction of sp³-hybridized carbons (Fsp3) is 0.118. The van der Waals surface area contributed by atoms with Crippen LogP contribution in [0, 0.1) is 0 Å². The Kier molecular flexibility index (Phi) is 4.52. The van der Waals surface area contributed by atoms with E-state index < -0.39 is 0 Å². The molecule has 0 aliphatic heterocycles. The Bertz CT molecular complexity index is 1100. The van der Waals surface area contributed by atoms with Crippen molar-refractivity contribution in [1.82, 2.24) is 24.4 Å². The predicted octanol–water partition coefficient (Wildman–Crippen LogP) is 4.14. The first-order chi connectivity index (χ1) is 12.5. The molecule has 0 aliphatic carbocycles. The Balaban J connectivity index is 1.59. The van der Waals surface area contributed by atoms with Crippen LogP contribution in [-0.4, -0.2) is 24.4 Å². The minimum Gasteiger partial charge on any atom is -0.335 e. The minimum atomic E-state index is 0.475. The number of fused-ring (bicyclic) bond motifs is 1. The predicted molar refractivity (Wildman–Crippen MR) is 106 cm³/mol. The van der Waals surface area contributed by atoms with Gasteiger partial charge in [-0.15, -0.1) is 10.2 Å². The summed E-state index contributed by atoms with van der Waals surface area (Å²) in [5, 5.41) is 9.95. The van der Waals surface area contributed by atoms with E-state index in [4.69, 9.17) is 29.0 Å². The Hall–Kier alpha value is -2.22. The Morgan fingerprint density at radius 3 is 2.69 bits per heavy atom. The van der Waals surface area contributed by atoms with Crippen molar-refractivity contribution in [3.63, 3.8) is 0 Å². The molecule has 0 atom stereocenters. The molecule has 2 heterocycles. The molecule has 0 amide bonds. The number of nitrogens with zero attached hydrogens (tertiary/aromatic N) is 5. The normalized spacial score (nSPS) is 11.3. The van der Waals surface area contributed by atoms with Gasteiger partial charge in [0.1, 0.15) is 5.82 Å². The van der Waals surface area contributed by atoms with Crippen LogP contribution < -0.4 is 5.84 Å². The molecule has 0 bridgehead atoms. The highest BCUT2D eigenvalue weighted by molar-refractivity contribution is 7.98. The van der Waals surface area contributed by atoms with E-state index in [2.05, 4.69) is 19.7 Å². The second kappa shape index (κ2) is 6.83. The van der Waals surface area contributed by atoms with Gasteiger partial charge in [-0.2, -0.15) is 0 Å². The van der Waals surface area contributed by atoms with Crippen LogP contribution in [-0.2, 0) is 12.8 Å². The van der Waals surface area contributed by atoms with Crippen LogP contribution in [0.5, 0.6) is 0 Å². The Morgan fingerprint density at radius 2 is 1.92 bits per heavy atom. The fourth-order valence-corrected chi connectivity index (χ4v) is 4.02. The van der Waals surface area contributed by atoms with Crippen molar-refractivity contribution in [2.75, 3.05) is 5.84 Å². The van der Waals surface area contributed by atoms with E-state index in [1.54, 1.807) is 18.2 Å². The number of hydrogen-bond acceptors (Lipinski definition) is 5. The van der Waals surface area contributed by atoms with E-state index in [0.717, 1.165) is 16.9 Å². The van der Waals surface area contributed by atoms with Gasteiger partial charge in [0.05, 0.1) is 21.8 Å². The zero-order chi connectivity index (χ0) is 18.3. The number of nitrogens with two attached hydrogens (primary N) is 1. The van der Waals surface area contributed by atoms with Gasteiger partial charge >= 0.3 is 0 Å². The monoisotopic (exact) mass is 404 g/mol. The number of thioether (sulfide) groups is 1. The molecule has 26 heavy (non-hydrogen) atoms. The molecule has 2 N–H and O–H groups in total. The van der Waals surface area contributed by atoms with E-state index in [9.17, 15) is 0 Å². The first-order valence-electron chi connectivity index (χ1n) is 7.73. The summed E-state index contributed by atoms with van der Waals surface area (Å²) in [6.45, 7) is 0. The largest absolute Gasteiger partial charge is 0.335 e. The molecular weight excluding hydrogens is 391 g/mol. The number of aryl methyl sites for hydroxylation is 1. The molecular formula is C17H14Cl2N6S. The molecule has 9 heteroatoms. The second-order valence-electron chi connectivity index (χ2n) is 5.66.